The maximum Gasteiger partial charge on any atom is 0.410 e. The van der Waals surface area contributed by atoms with Gasteiger partial charge in [-0.1, -0.05) is 23.8 Å². The number of aryl methyl sites for hydroxylation is 2. The van der Waals surface area contributed by atoms with Gasteiger partial charge in [0.2, 0.25) is 0 Å². The summed E-state index contributed by atoms with van der Waals surface area (Å²) in [6.45, 7) is 16.2. The molecule has 0 atom stereocenters. The minimum absolute atomic E-state index is 0.194. The molecule has 1 saturated heterocycles. The molecule has 0 aromatic heterocycles. The zero-order valence-electron chi connectivity index (χ0n) is 16.4. The number of hydrogen-bond acceptors (Lipinski definition) is 4. The van der Waals surface area contributed by atoms with Crippen molar-refractivity contribution in [2.24, 2.45) is 0 Å². The molecular weight excluding hydrogens is 314 g/mol. The van der Waals surface area contributed by atoms with E-state index in [0.717, 1.165) is 45.8 Å². The van der Waals surface area contributed by atoms with Crippen molar-refractivity contribution in [2.45, 2.75) is 46.8 Å². The van der Waals surface area contributed by atoms with E-state index in [9.17, 15) is 4.79 Å². The second kappa shape index (κ2) is 8.68. The molecule has 5 heteroatoms. The lowest BCUT2D eigenvalue weighted by Crippen LogP contribution is -2.51. The van der Waals surface area contributed by atoms with Gasteiger partial charge in [-0.25, -0.2) is 4.79 Å². The first-order valence-electron chi connectivity index (χ1n) is 9.22. The van der Waals surface area contributed by atoms with Crippen LogP contribution in [-0.4, -0.2) is 60.8 Å². The smallest absolute Gasteiger partial charge is 0.410 e. The highest BCUT2D eigenvalue weighted by molar-refractivity contribution is 5.68. The fraction of sp³-hybridized carbons (Fsp3) is 0.650. The van der Waals surface area contributed by atoms with Gasteiger partial charge in [0.15, 0.2) is 0 Å². The zero-order valence-corrected chi connectivity index (χ0v) is 16.4. The van der Waals surface area contributed by atoms with Crippen molar-refractivity contribution >= 4 is 6.09 Å². The van der Waals surface area contributed by atoms with Gasteiger partial charge in [-0.15, -0.1) is 0 Å². The molecule has 1 aromatic carbocycles. The van der Waals surface area contributed by atoms with Gasteiger partial charge in [0, 0.05) is 45.8 Å². The van der Waals surface area contributed by atoms with E-state index < -0.39 is 5.60 Å². The van der Waals surface area contributed by atoms with Crippen molar-refractivity contribution in [2.75, 3.05) is 39.3 Å². The maximum atomic E-state index is 12.1. The second-order valence-corrected chi connectivity index (χ2v) is 7.92. The van der Waals surface area contributed by atoms with Crippen LogP contribution in [0, 0.1) is 13.8 Å². The third-order valence-corrected chi connectivity index (χ3v) is 4.44. The normalized spacial score (nSPS) is 16.1. The molecule has 1 fully saturated rings. The van der Waals surface area contributed by atoms with Gasteiger partial charge >= 0.3 is 6.09 Å². The van der Waals surface area contributed by atoms with Gasteiger partial charge in [0.25, 0.3) is 0 Å². The van der Waals surface area contributed by atoms with Crippen molar-refractivity contribution < 1.29 is 9.53 Å². The summed E-state index contributed by atoms with van der Waals surface area (Å²) < 4.78 is 5.44. The zero-order chi connectivity index (χ0) is 18.4. The Morgan fingerprint density at radius 3 is 2.44 bits per heavy atom. The monoisotopic (exact) mass is 347 g/mol. The van der Waals surface area contributed by atoms with Crippen molar-refractivity contribution in [3.8, 4) is 0 Å². The van der Waals surface area contributed by atoms with E-state index in [-0.39, 0.29) is 6.09 Å². The average Bonchev–Trinajstić information content (AvgIpc) is 2.52. The largest absolute Gasteiger partial charge is 0.444 e. The van der Waals surface area contributed by atoms with Crippen LogP contribution < -0.4 is 5.32 Å². The Morgan fingerprint density at radius 2 is 1.84 bits per heavy atom. The fourth-order valence-electron chi connectivity index (χ4n) is 2.98. The predicted octanol–water partition coefficient (Wildman–Crippen LogP) is 2.95. The molecule has 1 aliphatic heterocycles. The molecule has 1 heterocycles. The topological polar surface area (TPSA) is 44.8 Å². The summed E-state index contributed by atoms with van der Waals surface area (Å²) >= 11 is 0. The highest BCUT2D eigenvalue weighted by Gasteiger charge is 2.25. The number of rotatable bonds is 5. The molecule has 1 aromatic rings. The van der Waals surface area contributed by atoms with Crippen LogP contribution in [0.3, 0.4) is 0 Å². The van der Waals surface area contributed by atoms with Crippen LogP contribution in [0.2, 0.25) is 0 Å². The van der Waals surface area contributed by atoms with Gasteiger partial charge in [-0.2, -0.15) is 0 Å². The third kappa shape index (κ3) is 6.67. The molecule has 1 amide bonds. The molecule has 25 heavy (non-hydrogen) atoms. The van der Waals surface area contributed by atoms with Crippen LogP contribution in [0.15, 0.2) is 18.2 Å². The molecular formula is C20H33N3O2. The summed E-state index contributed by atoms with van der Waals surface area (Å²) in [5, 5.41) is 3.53. The summed E-state index contributed by atoms with van der Waals surface area (Å²) in [6.07, 6.45) is -0.194. The second-order valence-electron chi connectivity index (χ2n) is 7.92. The Hall–Kier alpha value is -1.59. The quantitative estimate of drug-likeness (QED) is 0.832. The third-order valence-electron chi connectivity index (χ3n) is 4.44. The Balaban J connectivity index is 1.65. The molecule has 0 unspecified atom stereocenters. The lowest BCUT2D eigenvalue weighted by atomic mass is 10.1. The molecule has 140 valence electrons. The van der Waals surface area contributed by atoms with Crippen LogP contribution in [-0.2, 0) is 11.3 Å². The Morgan fingerprint density at radius 1 is 1.16 bits per heavy atom. The van der Waals surface area contributed by atoms with Gasteiger partial charge in [-0.3, -0.25) is 4.90 Å². The Labute approximate surface area is 152 Å². The SMILES string of the molecule is Cc1ccc(CNCCN2CCN(C(=O)OC(C)(C)C)CC2)c(C)c1. The van der Waals surface area contributed by atoms with Crippen molar-refractivity contribution in [3.63, 3.8) is 0 Å². The molecule has 0 saturated carbocycles. The summed E-state index contributed by atoms with van der Waals surface area (Å²) in [4.78, 5) is 16.3. The van der Waals surface area contributed by atoms with E-state index in [1.807, 2.05) is 25.7 Å². The van der Waals surface area contributed by atoms with Crippen LogP contribution in [0.5, 0.6) is 0 Å². The lowest BCUT2D eigenvalue weighted by molar-refractivity contribution is 0.0146. The van der Waals surface area contributed by atoms with Crippen LogP contribution in [0.25, 0.3) is 0 Å². The molecule has 1 N–H and O–H groups in total. The Bertz CT molecular complexity index is 573. The fourth-order valence-corrected chi connectivity index (χ4v) is 2.98. The first kappa shape index (κ1) is 19.7. The number of piperazine rings is 1. The summed E-state index contributed by atoms with van der Waals surface area (Å²) in [6, 6.07) is 6.60. The van der Waals surface area contributed by atoms with Crippen LogP contribution in [0.1, 0.15) is 37.5 Å². The molecule has 0 aliphatic carbocycles. The van der Waals surface area contributed by atoms with Gasteiger partial charge in [0.1, 0.15) is 5.60 Å². The summed E-state index contributed by atoms with van der Waals surface area (Å²) in [5.74, 6) is 0. The number of nitrogens with zero attached hydrogens (tertiary/aromatic N) is 2. The van der Waals surface area contributed by atoms with Crippen molar-refractivity contribution in [1.82, 2.24) is 15.1 Å². The lowest BCUT2D eigenvalue weighted by Gasteiger charge is -2.35. The molecule has 0 spiro atoms. The van der Waals surface area contributed by atoms with Gasteiger partial charge in [-0.05, 0) is 45.7 Å². The number of carbonyl (C=O) groups excluding carboxylic acids is 1. The first-order valence-corrected chi connectivity index (χ1v) is 9.22. The predicted molar refractivity (Wildman–Crippen MR) is 102 cm³/mol. The minimum Gasteiger partial charge on any atom is -0.444 e. The minimum atomic E-state index is -0.424. The van der Waals surface area contributed by atoms with E-state index >= 15 is 0 Å². The average molecular weight is 348 g/mol. The van der Waals surface area contributed by atoms with Gasteiger partial charge < -0.3 is 15.0 Å². The van der Waals surface area contributed by atoms with E-state index in [2.05, 4.69) is 42.3 Å². The molecule has 2 rings (SSSR count). The molecule has 1 aliphatic rings. The summed E-state index contributed by atoms with van der Waals surface area (Å²) in [5.41, 5.74) is 3.59. The van der Waals surface area contributed by atoms with Crippen LogP contribution in [0.4, 0.5) is 4.79 Å². The van der Waals surface area contributed by atoms with E-state index in [1.165, 1.54) is 16.7 Å². The van der Waals surface area contributed by atoms with Crippen LogP contribution >= 0.6 is 0 Å². The first-order chi connectivity index (χ1) is 11.7. The standard InChI is InChI=1S/C20H33N3O2/c1-16-6-7-18(17(2)14-16)15-21-8-9-22-10-12-23(13-11-22)19(24)25-20(3,4)5/h6-7,14,21H,8-13,15H2,1-5H3. The van der Waals surface area contributed by atoms with Gasteiger partial charge in [0.05, 0.1) is 0 Å². The highest BCUT2D eigenvalue weighted by atomic mass is 16.6. The molecule has 0 radical (unpaired) electrons. The number of hydrogen-bond donors (Lipinski definition) is 1. The molecule has 0 bridgehead atoms. The highest BCUT2D eigenvalue weighted by Crippen LogP contribution is 2.12. The number of carbonyl (C=O) groups is 1. The van der Waals surface area contributed by atoms with Crippen molar-refractivity contribution in [3.05, 3.63) is 34.9 Å². The Kier molecular flexibility index (Phi) is 6.85. The van der Waals surface area contributed by atoms with E-state index in [4.69, 9.17) is 4.74 Å². The summed E-state index contributed by atoms with van der Waals surface area (Å²) in [7, 11) is 0. The number of ether oxygens (including phenoxy) is 1. The van der Waals surface area contributed by atoms with E-state index in [0.29, 0.717) is 0 Å². The number of benzene rings is 1. The van der Waals surface area contributed by atoms with Crippen molar-refractivity contribution in [1.29, 1.82) is 0 Å². The number of amides is 1. The van der Waals surface area contributed by atoms with E-state index in [1.54, 1.807) is 0 Å². The molecule has 5 nitrogen and oxygen atoms in total. The maximum absolute atomic E-state index is 12.1. The number of nitrogens with one attached hydrogen (secondary N) is 1.